The summed E-state index contributed by atoms with van der Waals surface area (Å²) in [5, 5.41) is 0.156. The van der Waals surface area contributed by atoms with Crippen LogP contribution in [0.3, 0.4) is 0 Å². The quantitative estimate of drug-likeness (QED) is 0.348. The molecule has 156 valence electrons. The van der Waals surface area contributed by atoms with E-state index in [1.807, 2.05) is 30.3 Å². The number of aromatic nitrogens is 1. The lowest BCUT2D eigenvalue weighted by Crippen LogP contribution is -2.31. The number of alkyl halides is 3. The summed E-state index contributed by atoms with van der Waals surface area (Å²) in [6.07, 6.45) is -4.75. The van der Waals surface area contributed by atoms with Crippen LogP contribution >= 0.6 is 11.3 Å². The Morgan fingerprint density at radius 1 is 0.839 bits per heavy atom. The van der Waals surface area contributed by atoms with Crippen LogP contribution in [0.25, 0.3) is 10.6 Å². The largest absolute Gasteiger partial charge is 0.435 e. The molecule has 3 aromatic carbocycles. The molecule has 31 heavy (non-hydrogen) atoms. The Morgan fingerprint density at radius 3 is 1.97 bits per heavy atom. The van der Waals surface area contributed by atoms with Gasteiger partial charge in [0.15, 0.2) is 5.69 Å². The van der Waals surface area contributed by atoms with Gasteiger partial charge in [-0.25, -0.2) is 4.98 Å². The van der Waals surface area contributed by atoms with E-state index in [1.54, 1.807) is 60.7 Å². The fourth-order valence-electron chi connectivity index (χ4n) is 3.14. The number of hydrogen-bond donors (Lipinski definition) is 0. The van der Waals surface area contributed by atoms with Crippen molar-refractivity contribution >= 4 is 22.9 Å². The fraction of sp³-hybridized carbons (Fsp3) is 0.0833. The van der Waals surface area contributed by atoms with Crippen LogP contribution in [0, 0.1) is 0 Å². The first-order valence-corrected chi connectivity index (χ1v) is 10.3. The summed E-state index contributed by atoms with van der Waals surface area (Å²) in [4.78, 5) is 18.2. The molecular weight excluding hydrogens is 421 g/mol. The third kappa shape index (κ3) is 4.67. The number of carbonyl (C=O) groups is 1. The van der Waals surface area contributed by atoms with E-state index in [4.69, 9.17) is 0 Å². The van der Waals surface area contributed by atoms with E-state index in [0.29, 0.717) is 11.3 Å². The van der Waals surface area contributed by atoms with Gasteiger partial charge in [-0.05, 0) is 17.7 Å². The number of anilines is 1. The van der Waals surface area contributed by atoms with Crippen molar-refractivity contribution in [2.24, 2.45) is 0 Å². The van der Waals surface area contributed by atoms with Gasteiger partial charge in [-0.1, -0.05) is 78.9 Å². The second kappa shape index (κ2) is 8.73. The van der Waals surface area contributed by atoms with Gasteiger partial charge in [0.1, 0.15) is 9.88 Å². The van der Waals surface area contributed by atoms with Crippen molar-refractivity contribution in [3.8, 4) is 10.6 Å². The fourth-order valence-corrected chi connectivity index (χ4v) is 4.18. The van der Waals surface area contributed by atoms with Crippen molar-refractivity contribution in [1.29, 1.82) is 0 Å². The van der Waals surface area contributed by atoms with Crippen molar-refractivity contribution in [3.05, 3.63) is 107 Å². The zero-order valence-electron chi connectivity index (χ0n) is 16.2. The Bertz CT molecular complexity index is 1160. The van der Waals surface area contributed by atoms with Gasteiger partial charge >= 0.3 is 6.18 Å². The van der Waals surface area contributed by atoms with E-state index in [0.717, 1.165) is 16.9 Å². The number of benzene rings is 3. The molecule has 0 bridgehead atoms. The molecule has 0 N–H and O–H groups in total. The highest BCUT2D eigenvalue weighted by atomic mass is 32.1. The summed E-state index contributed by atoms with van der Waals surface area (Å²) in [6, 6.07) is 26.4. The standard InChI is InChI=1S/C24H17F3N2OS/c25-24(26,27)21-20(31-22(28-21)18-12-6-2-7-13-18)23(30)29(19-14-8-3-9-15-19)16-17-10-4-1-5-11-17/h1-15H,16H2. The highest BCUT2D eigenvalue weighted by Gasteiger charge is 2.41. The maximum absolute atomic E-state index is 13.8. The molecule has 4 aromatic rings. The van der Waals surface area contributed by atoms with Crippen molar-refractivity contribution in [2.45, 2.75) is 12.7 Å². The maximum atomic E-state index is 13.8. The smallest absolute Gasteiger partial charge is 0.303 e. The van der Waals surface area contributed by atoms with Gasteiger partial charge in [0.25, 0.3) is 5.91 Å². The van der Waals surface area contributed by atoms with Gasteiger partial charge in [-0.3, -0.25) is 4.79 Å². The highest BCUT2D eigenvalue weighted by molar-refractivity contribution is 7.17. The molecule has 0 unspecified atom stereocenters. The Morgan fingerprint density at radius 2 is 1.39 bits per heavy atom. The van der Waals surface area contributed by atoms with Crippen LogP contribution in [-0.2, 0) is 12.7 Å². The third-order valence-corrected chi connectivity index (χ3v) is 5.70. The minimum absolute atomic E-state index is 0.138. The number of hydrogen-bond acceptors (Lipinski definition) is 3. The Labute approximate surface area is 181 Å². The van der Waals surface area contributed by atoms with Gasteiger partial charge in [-0.15, -0.1) is 11.3 Å². The van der Waals surface area contributed by atoms with Crippen molar-refractivity contribution < 1.29 is 18.0 Å². The summed E-state index contributed by atoms with van der Waals surface area (Å²) in [7, 11) is 0. The molecule has 3 nitrogen and oxygen atoms in total. The minimum Gasteiger partial charge on any atom is -0.303 e. The molecule has 0 aliphatic heterocycles. The zero-order chi connectivity index (χ0) is 21.8. The molecule has 0 atom stereocenters. The van der Waals surface area contributed by atoms with Crippen LogP contribution in [0.2, 0.25) is 0 Å². The van der Waals surface area contributed by atoms with Crippen molar-refractivity contribution in [1.82, 2.24) is 4.98 Å². The summed E-state index contributed by atoms with van der Waals surface area (Å²) in [5.41, 5.74) is 0.696. The van der Waals surface area contributed by atoms with E-state index < -0.39 is 22.7 Å². The molecule has 0 fully saturated rings. The summed E-state index contributed by atoms with van der Waals surface area (Å²) >= 11 is 0.759. The molecule has 1 heterocycles. The molecule has 0 aliphatic carbocycles. The first kappa shape index (κ1) is 20.8. The molecule has 1 aromatic heterocycles. The summed E-state index contributed by atoms with van der Waals surface area (Å²) < 4.78 is 41.4. The molecular formula is C24H17F3N2OS. The van der Waals surface area contributed by atoms with Crippen LogP contribution in [-0.4, -0.2) is 10.9 Å². The van der Waals surface area contributed by atoms with Crippen molar-refractivity contribution in [2.75, 3.05) is 4.90 Å². The second-order valence-corrected chi connectivity index (χ2v) is 7.77. The highest BCUT2D eigenvalue weighted by Crippen LogP contribution is 2.39. The predicted octanol–water partition coefficient (Wildman–Crippen LogP) is 6.68. The molecule has 0 aliphatic rings. The molecule has 0 radical (unpaired) electrons. The van der Waals surface area contributed by atoms with Crippen LogP contribution < -0.4 is 4.90 Å². The first-order chi connectivity index (χ1) is 14.9. The first-order valence-electron chi connectivity index (χ1n) is 9.48. The van der Waals surface area contributed by atoms with Crippen LogP contribution in [0.5, 0.6) is 0 Å². The number of thiazole rings is 1. The lowest BCUT2D eigenvalue weighted by molar-refractivity contribution is -0.141. The Kier molecular flexibility index (Phi) is 5.86. The normalized spacial score (nSPS) is 11.3. The Hall–Kier alpha value is -3.45. The average Bonchev–Trinajstić information content (AvgIpc) is 3.25. The van der Waals surface area contributed by atoms with E-state index in [2.05, 4.69) is 4.98 Å². The molecule has 0 spiro atoms. The number of rotatable bonds is 5. The molecule has 1 amide bonds. The molecule has 0 saturated heterocycles. The monoisotopic (exact) mass is 438 g/mol. The van der Waals surface area contributed by atoms with Crippen LogP contribution in [0.15, 0.2) is 91.0 Å². The zero-order valence-corrected chi connectivity index (χ0v) is 17.0. The van der Waals surface area contributed by atoms with Gasteiger partial charge < -0.3 is 4.90 Å². The van der Waals surface area contributed by atoms with Gasteiger partial charge in [-0.2, -0.15) is 13.2 Å². The molecule has 4 rings (SSSR count). The van der Waals surface area contributed by atoms with E-state index >= 15 is 0 Å². The number of halogens is 3. The SMILES string of the molecule is O=C(c1sc(-c2ccccc2)nc1C(F)(F)F)N(Cc1ccccc1)c1ccccc1. The van der Waals surface area contributed by atoms with E-state index in [-0.39, 0.29) is 11.6 Å². The number of carbonyl (C=O) groups excluding carboxylic acids is 1. The lowest BCUT2D eigenvalue weighted by Gasteiger charge is -2.23. The maximum Gasteiger partial charge on any atom is 0.435 e. The summed E-state index contributed by atoms with van der Waals surface area (Å²) in [6.45, 7) is 0.138. The lowest BCUT2D eigenvalue weighted by atomic mass is 10.1. The topological polar surface area (TPSA) is 33.2 Å². The second-order valence-electron chi connectivity index (χ2n) is 6.77. The molecule has 0 saturated carbocycles. The minimum atomic E-state index is -4.75. The average molecular weight is 438 g/mol. The number of amides is 1. The van der Waals surface area contributed by atoms with Gasteiger partial charge in [0, 0.05) is 11.3 Å². The van der Waals surface area contributed by atoms with E-state index in [1.165, 1.54) is 4.90 Å². The number of para-hydroxylation sites is 1. The van der Waals surface area contributed by atoms with Crippen molar-refractivity contribution in [3.63, 3.8) is 0 Å². The van der Waals surface area contributed by atoms with Crippen LogP contribution in [0.1, 0.15) is 20.9 Å². The summed E-state index contributed by atoms with van der Waals surface area (Å²) in [5.74, 6) is -0.734. The Balaban J connectivity index is 1.80. The molecule has 7 heteroatoms. The third-order valence-electron chi connectivity index (χ3n) is 4.61. The predicted molar refractivity (Wildman–Crippen MR) is 116 cm³/mol. The van der Waals surface area contributed by atoms with Gasteiger partial charge in [0.2, 0.25) is 0 Å². The van der Waals surface area contributed by atoms with E-state index in [9.17, 15) is 18.0 Å². The van der Waals surface area contributed by atoms with Crippen LogP contribution in [0.4, 0.5) is 18.9 Å². The number of nitrogens with zero attached hydrogens (tertiary/aromatic N) is 2. The van der Waals surface area contributed by atoms with Gasteiger partial charge in [0.05, 0.1) is 6.54 Å².